The highest BCUT2D eigenvalue weighted by molar-refractivity contribution is 5.98. The number of piperidine rings is 1. The number of hydrogen-bond acceptors (Lipinski definition) is 3. The summed E-state index contributed by atoms with van der Waals surface area (Å²) < 4.78 is 45.9. The van der Waals surface area contributed by atoms with E-state index in [1.54, 1.807) is 0 Å². The van der Waals surface area contributed by atoms with Crippen LogP contribution in [0.2, 0.25) is 0 Å². The highest BCUT2D eigenvalue weighted by atomic mass is 19.2. The van der Waals surface area contributed by atoms with Crippen LogP contribution in [0.3, 0.4) is 0 Å². The van der Waals surface area contributed by atoms with Crippen molar-refractivity contribution in [3.8, 4) is 0 Å². The third-order valence-corrected chi connectivity index (χ3v) is 3.91. The molecular weight excluding hydrogens is 271 g/mol. The fraction of sp³-hybridized carbons (Fsp3) is 0.500. The molecule has 6 heteroatoms. The zero-order valence-corrected chi connectivity index (χ0v) is 10.7. The Hall–Kier alpha value is -1.40. The lowest BCUT2D eigenvalue weighted by Gasteiger charge is -2.39. The van der Waals surface area contributed by atoms with Gasteiger partial charge in [-0.15, -0.1) is 0 Å². The zero-order valence-electron chi connectivity index (χ0n) is 10.7. The molecule has 0 spiro atoms. The van der Waals surface area contributed by atoms with Gasteiger partial charge in [-0.1, -0.05) is 0 Å². The average molecular weight is 285 g/mol. The Balaban J connectivity index is 1.88. The van der Waals surface area contributed by atoms with Crippen LogP contribution < -0.4 is 5.32 Å². The second-order valence-electron chi connectivity index (χ2n) is 5.35. The van der Waals surface area contributed by atoms with Crippen LogP contribution in [0.25, 0.3) is 0 Å². The van der Waals surface area contributed by atoms with Gasteiger partial charge in [-0.3, -0.25) is 4.79 Å². The van der Waals surface area contributed by atoms with Crippen LogP contribution in [0.5, 0.6) is 0 Å². The summed E-state index contributed by atoms with van der Waals surface area (Å²) in [6.07, 6.45) is 0.898. The fourth-order valence-electron chi connectivity index (χ4n) is 3.01. The van der Waals surface area contributed by atoms with Crippen LogP contribution in [0, 0.1) is 23.4 Å². The summed E-state index contributed by atoms with van der Waals surface area (Å²) in [6.45, 7) is 0.961. The van der Waals surface area contributed by atoms with Crippen LogP contribution in [0.15, 0.2) is 12.1 Å². The van der Waals surface area contributed by atoms with Crippen molar-refractivity contribution in [2.75, 3.05) is 13.2 Å². The van der Waals surface area contributed by atoms with Gasteiger partial charge in [0.05, 0.1) is 18.8 Å². The summed E-state index contributed by atoms with van der Waals surface area (Å²) >= 11 is 0. The van der Waals surface area contributed by atoms with E-state index in [0.717, 1.165) is 6.07 Å². The van der Waals surface area contributed by atoms with Crippen molar-refractivity contribution in [3.63, 3.8) is 0 Å². The van der Waals surface area contributed by atoms with Crippen LogP contribution in [-0.2, 0) is 4.74 Å². The summed E-state index contributed by atoms with van der Waals surface area (Å²) in [4.78, 5) is 12.3. The number of hydrogen-bond donors (Lipinski definition) is 1. The van der Waals surface area contributed by atoms with Crippen molar-refractivity contribution in [2.45, 2.75) is 24.9 Å². The summed E-state index contributed by atoms with van der Waals surface area (Å²) in [6, 6.07) is 1.50. The summed E-state index contributed by atoms with van der Waals surface area (Å²) in [5.41, 5.74) is -0.754. The Labute approximate surface area is 114 Å². The molecule has 0 aromatic heterocycles. The van der Waals surface area contributed by atoms with Crippen molar-refractivity contribution >= 4 is 5.78 Å². The molecule has 2 fully saturated rings. The van der Waals surface area contributed by atoms with E-state index in [9.17, 15) is 18.0 Å². The molecule has 2 saturated heterocycles. The standard InChI is InChI=1S/C14H14F3NO2/c15-10-1-2-11(16)13(17)12(10)14(19)7-3-8-5-20-6-9(4-7)18-8/h1-2,7-9,18H,3-6H2. The van der Waals surface area contributed by atoms with E-state index in [-0.39, 0.29) is 12.1 Å². The summed E-state index contributed by atoms with van der Waals surface area (Å²) in [5, 5.41) is 3.29. The molecule has 0 aliphatic carbocycles. The lowest BCUT2D eigenvalue weighted by atomic mass is 9.82. The Kier molecular flexibility index (Phi) is 3.52. The minimum atomic E-state index is -1.39. The molecule has 1 aromatic carbocycles. The number of carbonyl (C=O) groups excluding carboxylic acids is 1. The van der Waals surface area contributed by atoms with E-state index in [2.05, 4.69) is 5.32 Å². The van der Waals surface area contributed by atoms with Crippen molar-refractivity contribution in [1.82, 2.24) is 5.32 Å². The highest BCUT2D eigenvalue weighted by Gasteiger charge is 2.37. The van der Waals surface area contributed by atoms with Gasteiger partial charge in [0.2, 0.25) is 0 Å². The number of ketones is 1. The Morgan fingerprint density at radius 1 is 1.10 bits per heavy atom. The van der Waals surface area contributed by atoms with Gasteiger partial charge in [0.1, 0.15) is 5.82 Å². The molecule has 108 valence electrons. The van der Waals surface area contributed by atoms with Crippen molar-refractivity contribution in [2.24, 2.45) is 5.92 Å². The lowest BCUT2D eigenvalue weighted by molar-refractivity contribution is 0.00936. The van der Waals surface area contributed by atoms with Gasteiger partial charge in [0, 0.05) is 18.0 Å². The number of rotatable bonds is 2. The second kappa shape index (κ2) is 5.18. The van der Waals surface area contributed by atoms with Crippen molar-refractivity contribution < 1.29 is 22.7 Å². The maximum Gasteiger partial charge on any atom is 0.172 e. The lowest BCUT2D eigenvalue weighted by Crippen LogP contribution is -2.55. The SMILES string of the molecule is O=C(c1c(F)ccc(F)c1F)C1CC2COCC(C1)N2. The predicted octanol–water partition coefficient (Wildman–Crippen LogP) is 2.05. The van der Waals surface area contributed by atoms with Gasteiger partial charge in [0.25, 0.3) is 0 Å². The minimum Gasteiger partial charge on any atom is -0.378 e. The number of fused-ring (bicyclic) bond motifs is 2. The van der Waals surface area contributed by atoms with E-state index < -0.39 is 34.7 Å². The van der Waals surface area contributed by atoms with E-state index >= 15 is 0 Å². The van der Waals surface area contributed by atoms with E-state index in [1.807, 2.05) is 0 Å². The molecule has 2 unspecified atom stereocenters. The number of ether oxygens (including phenoxy) is 1. The maximum atomic E-state index is 13.7. The van der Waals surface area contributed by atoms with Crippen LogP contribution in [0.1, 0.15) is 23.2 Å². The molecule has 0 saturated carbocycles. The largest absolute Gasteiger partial charge is 0.378 e. The molecule has 2 bridgehead atoms. The first-order chi connectivity index (χ1) is 9.56. The fourth-order valence-corrected chi connectivity index (χ4v) is 3.01. The third kappa shape index (κ3) is 2.33. The summed E-state index contributed by atoms with van der Waals surface area (Å²) in [7, 11) is 0. The van der Waals surface area contributed by atoms with E-state index in [1.165, 1.54) is 0 Å². The van der Waals surface area contributed by atoms with Gasteiger partial charge in [-0.2, -0.15) is 0 Å². The number of halogens is 3. The van der Waals surface area contributed by atoms with Gasteiger partial charge in [-0.25, -0.2) is 13.2 Å². The van der Waals surface area contributed by atoms with Crippen molar-refractivity contribution in [3.05, 3.63) is 35.1 Å². The van der Waals surface area contributed by atoms with E-state index in [0.29, 0.717) is 32.1 Å². The molecule has 2 atom stereocenters. The first kappa shape index (κ1) is 13.6. The second-order valence-corrected chi connectivity index (χ2v) is 5.35. The molecule has 20 heavy (non-hydrogen) atoms. The number of benzene rings is 1. The highest BCUT2D eigenvalue weighted by Crippen LogP contribution is 2.29. The molecule has 1 aromatic rings. The van der Waals surface area contributed by atoms with Gasteiger partial charge in [0.15, 0.2) is 17.4 Å². The van der Waals surface area contributed by atoms with Gasteiger partial charge >= 0.3 is 0 Å². The molecule has 2 aliphatic rings. The van der Waals surface area contributed by atoms with Crippen LogP contribution >= 0.6 is 0 Å². The first-order valence-corrected chi connectivity index (χ1v) is 6.57. The molecule has 1 N–H and O–H groups in total. The monoisotopic (exact) mass is 285 g/mol. The minimum absolute atomic E-state index is 0.0103. The number of carbonyl (C=O) groups is 1. The Morgan fingerprint density at radius 2 is 1.70 bits per heavy atom. The van der Waals surface area contributed by atoms with Crippen molar-refractivity contribution in [1.29, 1.82) is 0 Å². The number of Topliss-reactive ketones (excluding diaryl/α,β-unsaturated/α-hetero) is 1. The average Bonchev–Trinajstić information content (AvgIpc) is 2.43. The van der Waals surface area contributed by atoms with E-state index in [4.69, 9.17) is 4.74 Å². The smallest absolute Gasteiger partial charge is 0.172 e. The molecule has 0 amide bonds. The van der Waals surface area contributed by atoms with Gasteiger partial charge < -0.3 is 10.1 Å². The number of morpholine rings is 1. The first-order valence-electron chi connectivity index (χ1n) is 6.57. The Morgan fingerprint density at radius 3 is 2.35 bits per heavy atom. The predicted molar refractivity (Wildman–Crippen MR) is 64.9 cm³/mol. The molecule has 3 rings (SSSR count). The normalized spacial score (nSPS) is 29.2. The van der Waals surface area contributed by atoms with Crippen LogP contribution in [-0.4, -0.2) is 31.1 Å². The quantitative estimate of drug-likeness (QED) is 0.667. The molecule has 2 heterocycles. The molecular formula is C14H14F3NO2. The molecule has 0 radical (unpaired) electrons. The van der Waals surface area contributed by atoms with Crippen LogP contribution in [0.4, 0.5) is 13.2 Å². The third-order valence-electron chi connectivity index (χ3n) is 3.91. The zero-order chi connectivity index (χ0) is 14.3. The topological polar surface area (TPSA) is 38.3 Å². The summed E-state index contributed by atoms with van der Waals surface area (Å²) in [5.74, 6) is -4.75. The number of nitrogens with one attached hydrogen (secondary N) is 1. The molecule has 3 nitrogen and oxygen atoms in total. The maximum absolute atomic E-state index is 13.7. The molecule has 2 aliphatic heterocycles. The Bertz CT molecular complexity index is 537. The van der Waals surface area contributed by atoms with Gasteiger partial charge in [-0.05, 0) is 25.0 Å².